The van der Waals surface area contributed by atoms with E-state index in [9.17, 15) is 4.79 Å². The van der Waals surface area contributed by atoms with Gasteiger partial charge in [0.2, 0.25) is 0 Å². The van der Waals surface area contributed by atoms with Gasteiger partial charge in [0, 0.05) is 35.4 Å². The number of amides is 1. The molecule has 0 aliphatic rings. The molecule has 0 fully saturated rings. The monoisotopic (exact) mass is 397 g/mol. The Balaban J connectivity index is 1.61. The number of hydrogen-bond donors (Lipinski definition) is 1. The predicted molar refractivity (Wildman–Crippen MR) is 111 cm³/mol. The van der Waals surface area contributed by atoms with Gasteiger partial charge in [0.05, 0.1) is 5.69 Å². The highest BCUT2D eigenvalue weighted by atomic mass is 35.5. The standard InChI is InChI=1S/C22H24ClN3O2/c1-4-26-13-19(16(3)25-26)12-24-22(27)18-7-5-6-17(11-18)14-28-21-9-8-20(23)10-15(21)2/h5-11,13H,4,12,14H2,1-3H3,(H,24,27). The fraction of sp³-hybridized carbons (Fsp3) is 0.273. The summed E-state index contributed by atoms with van der Waals surface area (Å²) >= 11 is 5.98. The van der Waals surface area contributed by atoms with Crippen molar-refractivity contribution in [3.05, 3.63) is 81.6 Å². The molecule has 6 heteroatoms. The van der Waals surface area contributed by atoms with Crippen molar-refractivity contribution in [2.75, 3.05) is 0 Å². The summed E-state index contributed by atoms with van der Waals surface area (Å²) in [5.41, 5.74) is 4.46. The highest BCUT2D eigenvalue weighted by Gasteiger charge is 2.10. The minimum absolute atomic E-state index is 0.117. The molecule has 0 saturated heterocycles. The third kappa shape index (κ3) is 4.93. The average Bonchev–Trinajstić information content (AvgIpc) is 3.05. The second-order valence-corrected chi connectivity index (χ2v) is 7.11. The van der Waals surface area contributed by atoms with Crippen LogP contribution in [0.4, 0.5) is 0 Å². The maximum atomic E-state index is 12.5. The zero-order chi connectivity index (χ0) is 20.1. The SMILES string of the molecule is CCn1cc(CNC(=O)c2cccc(COc3ccc(Cl)cc3C)c2)c(C)n1. The van der Waals surface area contributed by atoms with Crippen LogP contribution in [-0.2, 0) is 19.7 Å². The number of aromatic nitrogens is 2. The summed E-state index contributed by atoms with van der Waals surface area (Å²) in [6.07, 6.45) is 1.97. The van der Waals surface area contributed by atoms with Crippen LogP contribution >= 0.6 is 11.6 Å². The van der Waals surface area contributed by atoms with Gasteiger partial charge in [-0.05, 0) is 62.2 Å². The molecule has 0 unspecified atom stereocenters. The number of aryl methyl sites for hydroxylation is 3. The zero-order valence-electron chi connectivity index (χ0n) is 16.3. The molecular formula is C22H24ClN3O2. The van der Waals surface area contributed by atoms with Crippen molar-refractivity contribution in [1.29, 1.82) is 0 Å². The van der Waals surface area contributed by atoms with Crippen molar-refractivity contribution >= 4 is 17.5 Å². The number of nitrogens with one attached hydrogen (secondary N) is 1. The first-order chi connectivity index (χ1) is 13.5. The first kappa shape index (κ1) is 20.0. The molecule has 0 aliphatic heterocycles. The Morgan fingerprint density at radius 3 is 2.75 bits per heavy atom. The number of halogens is 1. The fourth-order valence-electron chi connectivity index (χ4n) is 2.91. The number of ether oxygens (including phenoxy) is 1. The van der Waals surface area contributed by atoms with E-state index in [-0.39, 0.29) is 5.91 Å². The fourth-order valence-corrected chi connectivity index (χ4v) is 3.14. The van der Waals surface area contributed by atoms with Gasteiger partial charge in [-0.2, -0.15) is 5.10 Å². The van der Waals surface area contributed by atoms with Crippen LogP contribution in [0.2, 0.25) is 5.02 Å². The Labute approximate surface area is 170 Å². The average molecular weight is 398 g/mol. The lowest BCUT2D eigenvalue weighted by Crippen LogP contribution is -2.23. The molecule has 0 atom stereocenters. The number of carbonyl (C=O) groups excluding carboxylic acids is 1. The maximum absolute atomic E-state index is 12.5. The summed E-state index contributed by atoms with van der Waals surface area (Å²) in [5, 5.41) is 8.05. The van der Waals surface area contributed by atoms with Gasteiger partial charge < -0.3 is 10.1 Å². The van der Waals surface area contributed by atoms with E-state index >= 15 is 0 Å². The molecule has 0 spiro atoms. The molecular weight excluding hydrogens is 374 g/mol. The molecule has 2 aromatic carbocycles. The molecule has 1 N–H and O–H groups in total. The van der Waals surface area contributed by atoms with Crippen LogP contribution in [0.3, 0.4) is 0 Å². The van der Waals surface area contributed by atoms with Crippen LogP contribution in [0.5, 0.6) is 5.75 Å². The normalized spacial score (nSPS) is 10.7. The van der Waals surface area contributed by atoms with Gasteiger partial charge in [0.25, 0.3) is 5.91 Å². The van der Waals surface area contributed by atoms with Gasteiger partial charge in [0.15, 0.2) is 0 Å². The Hall–Kier alpha value is -2.79. The van der Waals surface area contributed by atoms with Crippen LogP contribution in [0, 0.1) is 13.8 Å². The minimum atomic E-state index is -0.117. The molecule has 0 bridgehead atoms. The number of hydrogen-bond acceptors (Lipinski definition) is 3. The van der Waals surface area contributed by atoms with Crippen molar-refractivity contribution in [3.8, 4) is 5.75 Å². The van der Waals surface area contributed by atoms with Crippen LogP contribution in [0.1, 0.15) is 39.7 Å². The van der Waals surface area contributed by atoms with Gasteiger partial charge >= 0.3 is 0 Å². The van der Waals surface area contributed by atoms with Gasteiger partial charge in [-0.25, -0.2) is 0 Å². The molecule has 1 aromatic heterocycles. The maximum Gasteiger partial charge on any atom is 0.251 e. The Morgan fingerprint density at radius 2 is 2.04 bits per heavy atom. The van der Waals surface area contributed by atoms with Crippen molar-refractivity contribution < 1.29 is 9.53 Å². The largest absolute Gasteiger partial charge is 0.489 e. The lowest BCUT2D eigenvalue weighted by atomic mass is 10.1. The van der Waals surface area contributed by atoms with Crippen LogP contribution in [-0.4, -0.2) is 15.7 Å². The molecule has 0 saturated carbocycles. The topological polar surface area (TPSA) is 56.2 Å². The Bertz CT molecular complexity index is 982. The molecule has 0 radical (unpaired) electrons. The predicted octanol–water partition coefficient (Wildman–Crippen LogP) is 4.68. The zero-order valence-corrected chi connectivity index (χ0v) is 17.1. The van der Waals surface area contributed by atoms with Crippen molar-refractivity contribution in [3.63, 3.8) is 0 Å². The molecule has 3 rings (SSSR count). The summed E-state index contributed by atoms with van der Waals surface area (Å²) in [6.45, 7) is 7.58. The van der Waals surface area contributed by atoms with E-state index in [4.69, 9.17) is 16.3 Å². The van der Waals surface area contributed by atoms with Gasteiger partial charge in [-0.3, -0.25) is 9.48 Å². The number of carbonyl (C=O) groups is 1. The third-order valence-corrected chi connectivity index (χ3v) is 4.77. The Kier molecular flexibility index (Phi) is 6.37. The van der Waals surface area contributed by atoms with Gasteiger partial charge in [-0.1, -0.05) is 23.7 Å². The number of rotatable bonds is 7. The number of benzene rings is 2. The summed E-state index contributed by atoms with van der Waals surface area (Å²) in [5.74, 6) is 0.663. The summed E-state index contributed by atoms with van der Waals surface area (Å²) in [6, 6.07) is 13.0. The van der Waals surface area contributed by atoms with Crippen LogP contribution in [0.15, 0.2) is 48.7 Å². The molecule has 0 aliphatic carbocycles. The molecule has 1 heterocycles. The van der Waals surface area contributed by atoms with E-state index in [1.165, 1.54) is 0 Å². The van der Waals surface area contributed by atoms with E-state index in [0.29, 0.717) is 23.7 Å². The third-order valence-electron chi connectivity index (χ3n) is 4.53. The van der Waals surface area contributed by atoms with Crippen molar-refractivity contribution in [2.45, 2.75) is 40.5 Å². The second-order valence-electron chi connectivity index (χ2n) is 6.68. The van der Waals surface area contributed by atoms with E-state index in [1.807, 2.05) is 62.0 Å². The molecule has 3 aromatic rings. The summed E-state index contributed by atoms with van der Waals surface area (Å²) < 4.78 is 7.74. The molecule has 146 valence electrons. The van der Waals surface area contributed by atoms with E-state index in [0.717, 1.165) is 34.7 Å². The van der Waals surface area contributed by atoms with Gasteiger partial charge in [0.1, 0.15) is 12.4 Å². The van der Waals surface area contributed by atoms with Crippen molar-refractivity contribution in [1.82, 2.24) is 15.1 Å². The number of nitrogens with zero attached hydrogens (tertiary/aromatic N) is 2. The first-order valence-electron chi connectivity index (χ1n) is 9.25. The smallest absolute Gasteiger partial charge is 0.251 e. The molecule has 5 nitrogen and oxygen atoms in total. The molecule has 1 amide bonds. The second kappa shape index (κ2) is 8.93. The van der Waals surface area contributed by atoms with Crippen molar-refractivity contribution in [2.24, 2.45) is 0 Å². The van der Waals surface area contributed by atoms with Crippen LogP contribution < -0.4 is 10.1 Å². The van der Waals surface area contributed by atoms with Gasteiger partial charge in [-0.15, -0.1) is 0 Å². The Morgan fingerprint density at radius 1 is 1.21 bits per heavy atom. The lowest BCUT2D eigenvalue weighted by molar-refractivity contribution is 0.0950. The summed E-state index contributed by atoms with van der Waals surface area (Å²) in [4.78, 5) is 12.5. The lowest BCUT2D eigenvalue weighted by Gasteiger charge is -2.10. The van der Waals surface area contributed by atoms with E-state index < -0.39 is 0 Å². The highest BCUT2D eigenvalue weighted by molar-refractivity contribution is 6.30. The molecule has 28 heavy (non-hydrogen) atoms. The van der Waals surface area contributed by atoms with Crippen LogP contribution in [0.25, 0.3) is 0 Å². The van der Waals surface area contributed by atoms with E-state index in [2.05, 4.69) is 10.4 Å². The minimum Gasteiger partial charge on any atom is -0.489 e. The quantitative estimate of drug-likeness (QED) is 0.629. The van der Waals surface area contributed by atoms with E-state index in [1.54, 1.807) is 12.1 Å². The first-order valence-corrected chi connectivity index (χ1v) is 9.63. The highest BCUT2D eigenvalue weighted by Crippen LogP contribution is 2.23. The summed E-state index contributed by atoms with van der Waals surface area (Å²) in [7, 11) is 0.